The summed E-state index contributed by atoms with van der Waals surface area (Å²) >= 11 is 3.21. The maximum atomic E-state index is 12.8. The highest BCUT2D eigenvalue weighted by Crippen LogP contribution is 2.35. The van der Waals surface area contributed by atoms with Crippen LogP contribution >= 0.6 is 15.9 Å². The van der Waals surface area contributed by atoms with Gasteiger partial charge in [-0.2, -0.15) is 13.2 Å². The number of hydrogen-bond donors (Lipinski definition) is 0. The molecule has 0 saturated carbocycles. The first-order valence-corrected chi connectivity index (χ1v) is 9.45. The van der Waals surface area contributed by atoms with Gasteiger partial charge >= 0.3 is 12.3 Å². The van der Waals surface area contributed by atoms with Crippen molar-refractivity contribution in [2.75, 3.05) is 39.3 Å². The van der Waals surface area contributed by atoms with Crippen LogP contribution in [0.5, 0.6) is 5.75 Å². The van der Waals surface area contributed by atoms with Crippen LogP contribution in [0.4, 0.5) is 18.0 Å². The fourth-order valence-corrected chi connectivity index (χ4v) is 2.92. The number of halogens is 4. The summed E-state index contributed by atoms with van der Waals surface area (Å²) in [6.07, 6.45) is -4.73. The van der Waals surface area contributed by atoms with Crippen LogP contribution in [0.25, 0.3) is 0 Å². The molecule has 1 aliphatic heterocycles. The molecule has 1 aromatic rings. The maximum absolute atomic E-state index is 12.8. The molecule has 0 N–H and O–H groups in total. The molecule has 1 heterocycles. The van der Waals surface area contributed by atoms with Gasteiger partial charge in [0.2, 0.25) is 0 Å². The van der Waals surface area contributed by atoms with Crippen LogP contribution in [0.3, 0.4) is 0 Å². The Balaban J connectivity index is 1.79. The number of alkyl halides is 3. The highest BCUT2D eigenvalue weighted by atomic mass is 79.9. The standard InChI is InChI=1S/C18H24BrF3N2O3/c1-17(2,3)27-16(25)24-8-6-23(7-9-24)10-11-26-15-12-13(18(20,21)22)4-5-14(15)19/h4-5,12H,6-11H2,1-3H3. The second-order valence-corrected chi connectivity index (χ2v) is 8.15. The summed E-state index contributed by atoms with van der Waals surface area (Å²) < 4.78 is 49.7. The van der Waals surface area contributed by atoms with Gasteiger partial charge in [-0.05, 0) is 54.9 Å². The van der Waals surface area contributed by atoms with Crippen LogP contribution in [-0.2, 0) is 10.9 Å². The van der Waals surface area contributed by atoms with E-state index in [0.717, 1.165) is 12.1 Å². The quantitative estimate of drug-likeness (QED) is 0.678. The molecule has 1 fully saturated rings. The van der Waals surface area contributed by atoms with Crippen molar-refractivity contribution in [3.05, 3.63) is 28.2 Å². The molecule has 0 unspecified atom stereocenters. The Hall–Kier alpha value is -1.48. The van der Waals surface area contributed by atoms with Crippen LogP contribution in [0.1, 0.15) is 26.3 Å². The molecule has 1 aliphatic rings. The molecular weight excluding hydrogens is 429 g/mol. The minimum Gasteiger partial charge on any atom is -0.491 e. The topological polar surface area (TPSA) is 42.0 Å². The molecule has 1 saturated heterocycles. The number of carbonyl (C=O) groups is 1. The molecule has 152 valence electrons. The highest BCUT2D eigenvalue weighted by Gasteiger charge is 2.31. The molecule has 9 heteroatoms. The van der Waals surface area contributed by atoms with Gasteiger partial charge in [0.1, 0.15) is 18.0 Å². The molecule has 0 radical (unpaired) electrons. The molecule has 0 atom stereocenters. The number of ether oxygens (including phenoxy) is 2. The summed E-state index contributed by atoms with van der Waals surface area (Å²) in [7, 11) is 0. The van der Waals surface area contributed by atoms with Crippen molar-refractivity contribution in [3.8, 4) is 5.75 Å². The van der Waals surface area contributed by atoms with Gasteiger partial charge in [-0.3, -0.25) is 4.90 Å². The molecule has 0 aliphatic carbocycles. The van der Waals surface area contributed by atoms with E-state index in [4.69, 9.17) is 9.47 Å². The summed E-state index contributed by atoms with van der Waals surface area (Å²) in [5.41, 5.74) is -1.27. The molecule has 0 spiro atoms. The van der Waals surface area contributed by atoms with E-state index in [1.807, 2.05) is 20.8 Å². The Kier molecular flexibility index (Phi) is 7.02. The van der Waals surface area contributed by atoms with Crippen molar-refractivity contribution in [2.24, 2.45) is 0 Å². The first-order valence-electron chi connectivity index (χ1n) is 8.65. The van der Waals surface area contributed by atoms with Crippen LogP contribution < -0.4 is 4.74 Å². The molecule has 1 aromatic carbocycles. The Morgan fingerprint density at radius 3 is 2.33 bits per heavy atom. The minimum absolute atomic E-state index is 0.164. The summed E-state index contributed by atoms with van der Waals surface area (Å²) in [5.74, 6) is 0.164. The fourth-order valence-electron chi connectivity index (χ4n) is 2.56. The lowest BCUT2D eigenvalue weighted by Crippen LogP contribution is -2.50. The van der Waals surface area contributed by atoms with E-state index >= 15 is 0 Å². The van der Waals surface area contributed by atoms with E-state index in [1.165, 1.54) is 6.07 Å². The lowest BCUT2D eigenvalue weighted by molar-refractivity contribution is -0.137. The van der Waals surface area contributed by atoms with Gasteiger partial charge in [-0.1, -0.05) is 0 Å². The van der Waals surface area contributed by atoms with Crippen molar-refractivity contribution in [1.82, 2.24) is 9.80 Å². The zero-order chi connectivity index (χ0) is 20.2. The summed E-state index contributed by atoms with van der Waals surface area (Å²) in [6.45, 7) is 8.69. The predicted octanol–water partition coefficient (Wildman–Crippen LogP) is 4.40. The van der Waals surface area contributed by atoms with Crippen molar-refractivity contribution in [1.29, 1.82) is 0 Å². The summed E-state index contributed by atoms with van der Waals surface area (Å²) in [6, 6.07) is 3.33. The van der Waals surface area contributed by atoms with Gasteiger partial charge in [0.15, 0.2) is 0 Å². The van der Waals surface area contributed by atoms with E-state index in [-0.39, 0.29) is 18.4 Å². The van der Waals surface area contributed by atoms with Gasteiger partial charge in [0, 0.05) is 32.7 Å². The molecule has 1 amide bonds. The van der Waals surface area contributed by atoms with Gasteiger partial charge in [-0.15, -0.1) is 0 Å². The zero-order valence-electron chi connectivity index (χ0n) is 15.6. The molecular formula is C18H24BrF3N2O3. The monoisotopic (exact) mass is 452 g/mol. The average molecular weight is 453 g/mol. The van der Waals surface area contributed by atoms with Gasteiger partial charge < -0.3 is 14.4 Å². The van der Waals surface area contributed by atoms with E-state index in [2.05, 4.69) is 20.8 Å². The lowest BCUT2D eigenvalue weighted by atomic mass is 10.2. The summed E-state index contributed by atoms with van der Waals surface area (Å²) in [5, 5.41) is 0. The molecule has 0 bridgehead atoms. The van der Waals surface area contributed by atoms with Crippen molar-refractivity contribution >= 4 is 22.0 Å². The smallest absolute Gasteiger partial charge is 0.416 e. The van der Waals surface area contributed by atoms with E-state index in [0.29, 0.717) is 37.2 Å². The number of amides is 1. The number of piperazine rings is 1. The van der Waals surface area contributed by atoms with Gasteiger partial charge in [0.25, 0.3) is 0 Å². The molecule has 27 heavy (non-hydrogen) atoms. The lowest BCUT2D eigenvalue weighted by Gasteiger charge is -2.35. The van der Waals surface area contributed by atoms with Crippen molar-refractivity contribution < 1.29 is 27.4 Å². The first kappa shape index (κ1) is 21.8. The van der Waals surface area contributed by atoms with Crippen LogP contribution in [0, 0.1) is 0 Å². The fraction of sp³-hybridized carbons (Fsp3) is 0.611. The van der Waals surface area contributed by atoms with E-state index < -0.39 is 17.3 Å². The normalized spacial score (nSPS) is 16.3. The zero-order valence-corrected chi connectivity index (χ0v) is 17.2. The number of hydrogen-bond acceptors (Lipinski definition) is 4. The number of nitrogens with zero attached hydrogens (tertiary/aromatic N) is 2. The Labute approximate surface area is 165 Å². The van der Waals surface area contributed by atoms with Gasteiger partial charge in [-0.25, -0.2) is 4.79 Å². The van der Waals surface area contributed by atoms with Crippen molar-refractivity contribution in [2.45, 2.75) is 32.5 Å². The molecule has 0 aromatic heterocycles. The highest BCUT2D eigenvalue weighted by molar-refractivity contribution is 9.10. The van der Waals surface area contributed by atoms with Crippen LogP contribution in [-0.4, -0.2) is 60.8 Å². The third-order valence-electron chi connectivity index (χ3n) is 3.95. The first-order chi connectivity index (χ1) is 12.5. The third kappa shape index (κ3) is 6.88. The number of benzene rings is 1. The van der Waals surface area contributed by atoms with E-state index in [1.54, 1.807) is 4.90 Å². The minimum atomic E-state index is -4.41. The third-order valence-corrected chi connectivity index (χ3v) is 4.60. The Bertz CT molecular complexity index is 654. The Morgan fingerprint density at radius 1 is 1.15 bits per heavy atom. The number of carbonyl (C=O) groups excluding carboxylic acids is 1. The molecule has 2 rings (SSSR count). The van der Waals surface area contributed by atoms with Crippen LogP contribution in [0.15, 0.2) is 22.7 Å². The second kappa shape index (κ2) is 8.68. The average Bonchev–Trinajstić information content (AvgIpc) is 2.54. The van der Waals surface area contributed by atoms with E-state index in [9.17, 15) is 18.0 Å². The second-order valence-electron chi connectivity index (χ2n) is 7.30. The molecule has 5 nitrogen and oxygen atoms in total. The maximum Gasteiger partial charge on any atom is 0.416 e. The number of rotatable bonds is 4. The largest absolute Gasteiger partial charge is 0.491 e. The Morgan fingerprint density at radius 2 is 1.78 bits per heavy atom. The van der Waals surface area contributed by atoms with Gasteiger partial charge in [0.05, 0.1) is 10.0 Å². The SMILES string of the molecule is CC(C)(C)OC(=O)N1CCN(CCOc2cc(C(F)(F)F)ccc2Br)CC1. The van der Waals surface area contributed by atoms with Crippen molar-refractivity contribution in [3.63, 3.8) is 0 Å². The summed E-state index contributed by atoms with van der Waals surface area (Å²) in [4.78, 5) is 15.8. The van der Waals surface area contributed by atoms with Crippen LogP contribution in [0.2, 0.25) is 0 Å². The predicted molar refractivity (Wildman–Crippen MR) is 98.9 cm³/mol.